The molecule has 158 valence electrons. The Morgan fingerprint density at radius 3 is 2.44 bits per heavy atom. The summed E-state index contributed by atoms with van der Waals surface area (Å²) in [5, 5.41) is 0. The van der Waals surface area contributed by atoms with Crippen LogP contribution in [0.1, 0.15) is 5.56 Å². The molecule has 3 aromatic heterocycles. The van der Waals surface area contributed by atoms with Crippen LogP contribution in [0, 0.1) is 5.82 Å². The van der Waals surface area contributed by atoms with Crippen LogP contribution in [0.4, 0.5) is 10.2 Å². The molecule has 8 heteroatoms. The predicted octanol–water partition coefficient (Wildman–Crippen LogP) is 6.37. The van der Waals surface area contributed by atoms with Gasteiger partial charge in [0.15, 0.2) is 11.5 Å². The molecular formula is C24H16BrClFN5. The normalized spacial score (nSPS) is 11.2. The first-order valence-electron chi connectivity index (χ1n) is 9.76. The van der Waals surface area contributed by atoms with E-state index in [2.05, 4.69) is 20.9 Å². The number of imidazole rings is 1. The summed E-state index contributed by atoms with van der Waals surface area (Å²) in [5.74, 6) is 1.12. The van der Waals surface area contributed by atoms with Crippen molar-refractivity contribution >= 4 is 44.5 Å². The molecule has 0 bridgehead atoms. The average Bonchev–Trinajstić information content (AvgIpc) is 3.17. The summed E-state index contributed by atoms with van der Waals surface area (Å²) in [7, 11) is 0. The summed E-state index contributed by atoms with van der Waals surface area (Å²) in [5.41, 5.74) is 11.5. The zero-order valence-corrected chi connectivity index (χ0v) is 19.0. The first kappa shape index (κ1) is 20.6. The molecule has 0 saturated carbocycles. The number of fused-ring (bicyclic) bond motifs is 1. The van der Waals surface area contributed by atoms with Crippen molar-refractivity contribution < 1.29 is 4.39 Å². The summed E-state index contributed by atoms with van der Waals surface area (Å²) in [6, 6.07) is 19.7. The minimum atomic E-state index is -0.301. The fraction of sp³-hybridized carbons (Fsp3) is 0.0417. The average molecular weight is 509 g/mol. The molecule has 0 amide bonds. The Kier molecular flexibility index (Phi) is 5.36. The zero-order chi connectivity index (χ0) is 22.2. The van der Waals surface area contributed by atoms with Crippen molar-refractivity contribution in [3.05, 3.63) is 88.8 Å². The molecule has 0 radical (unpaired) electrons. The quantitative estimate of drug-likeness (QED) is 0.286. The largest absolute Gasteiger partial charge is 0.383 e. The van der Waals surface area contributed by atoms with E-state index in [0.29, 0.717) is 39.9 Å². The molecule has 2 aromatic carbocycles. The maximum absolute atomic E-state index is 13.5. The van der Waals surface area contributed by atoms with Crippen LogP contribution in [-0.2, 0) is 5.88 Å². The maximum atomic E-state index is 13.5. The number of rotatable bonds is 4. The van der Waals surface area contributed by atoms with Gasteiger partial charge in [-0.05, 0) is 76.1 Å². The lowest BCUT2D eigenvalue weighted by molar-refractivity contribution is 0.628. The van der Waals surface area contributed by atoms with E-state index < -0.39 is 0 Å². The fourth-order valence-corrected chi connectivity index (χ4v) is 4.27. The molecule has 0 aliphatic rings. The van der Waals surface area contributed by atoms with Gasteiger partial charge in [-0.25, -0.2) is 19.3 Å². The first-order chi connectivity index (χ1) is 15.5. The second kappa shape index (κ2) is 8.33. The van der Waals surface area contributed by atoms with Crippen LogP contribution in [0.5, 0.6) is 0 Å². The first-order valence-corrected chi connectivity index (χ1v) is 11.1. The highest BCUT2D eigenvalue weighted by Gasteiger charge is 2.20. The number of halogens is 3. The summed E-state index contributed by atoms with van der Waals surface area (Å²) in [6.07, 6.45) is 1.64. The van der Waals surface area contributed by atoms with Gasteiger partial charge >= 0.3 is 0 Å². The Balaban J connectivity index is 1.81. The van der Waals surface area contributed by atoms with Crippen LogP contribution in [0.3, 0.4) is 0 Å². The van der Waals surface area contributed by atoms with Gasteiger partial charge in [0.05, 0.1) is 11.3 Å². The summed E-state index contributed by atoms with van der Waals surface area (Å²) < 4.78 is 16.2. The monoisotopic (exact) mass is 507 g/mol. The Bertz CT molecular complexity index is 1430. The van der Waals surface area contributed by atoms with Gasteiger partial charge in [-0.15, -0.1) is 11.6 Å². The second-order valence-corrected chi connectivity index (χ2v) is 8.30. The molecule has 0 aliphatic heterocycles. The third-order valence-electron chi connectivity index (χ3n) is 5.13. The molecule has 5 rings (SSSR count). The van der Waals surface area contributed by atoms with Gasteiger partial charge in [0.1, 0.15) is 17.2 Å². The van der Waals surface area contributed by atoms with Crippen LogP contribution >= 0.6 is 27.5 Å². The summed E-state index contributed by atoms with van der Waals surface area (Å²) in [6.45, 7) is 0. The van der Waals surface area contributed by atoms with E-state index in [1.54, 1.807) is 18.3 Å². The Morgan fingerprint density at radius 2 is 1.75 bits per heavy atom. The van der Waals surface area contributed by atoms with E-state index in [0.717, 1.165) is 21.3 Å². The highest BCUT2D eigenvalue weighted by molar-refractivity contribution is 9.10. The lowest BCUT2D eigenvalue weighted by atomic mass is 10.1. The molecule has 0 unspecified atom stereocenters. The molecule has 2 N–H and O–H groups in total. The number of pyridine rings is 2. The molecule has 0 spiro atoms. The van der Waals surface area contributed by atoms with Crippen molar-refractivity contribution in [2.24, 2.45) is 0 Å². The lowest BCUT2D eigenvalue weighted by Gasteiger charge is -2.11. The smallest absolute Gasteiger partial charge is 0.165 e. The third kappa shape index (κ3) is 3.63. The van der Waals surface area contributed by atoms with Crippen molar-refractivity contribution in [1.29, 1.82) is 0 Å². The van der Waals surface area contributed by atoms with Gasteiger partial charge in [-0.3, -0.25) is 4.57 Å². The maximum Gasteiger partial charge on any atom is 0.165 e. The Hall–Kier alpha value is -3.29. The van der Waals surface area contributed by atoms with Crippen molar-refractivity contribution in [2.45, 2.75) is 5.88 Å². The number of alkyl halides is 1. The molecular weight excluding hydrogens is 493 g/mol. The highest BCUT2D eigenvalue weighted by Crippen LogP contribution is 2.35. The van der Waals surface area contributed by atoms with Crippen molar-refractivity contribution in [2.75, 3.05) is 5.73 Å². The number of nitrogens with zero attached hydrogens (tertiary/aromatic N) is 4. The van der Waals surface area contributed by atoms with Crippen molar-refractivity contribution in [1.82, 2.24) is 19.5 Å². The fourth-order valence-electron chi connectivity index (χ4n) is 3.56. The molecule has 0 saturated heterocycles. The van der Waals surface area contributed by atoms with Crippen LogP contribution in [0.25, 0.3) is 39.5 Å². The Labute approximate surface area is 196 Å². The number of hydrogen-bond acceptors (Lipinski definition) is 4. The minimum absolute atomic E-state index is 0.301. The number of aromatic nitrogens is 4. The van der Waals surface area contributed by atoms with Crippen LogP contribution in [-0.4, -0.2) is 19.5 Å². The van der Waals surface area contributed by atoms with Gasteiger partial charge in [0, 0.05) is 27.8 Å². The molecule has 0 aliphatic carbocycles. The van der Waals surface area contributed by atoms with E-state index in [9.17, 15) is 4.39 Å². The lowest BCUT2D eigenvalue weighted by Crippen LogP contribution is -2.02. The van der Waals surface area contributed by atoms with Crippen molar-refractivity contribution in [3.63, 3.8) is 0 Å². The number of hydrogen-bond donors (Lipinski definition) is 1. The van der Waals surface area contributed by atoms with Crippen LogP contribution in [0.2, 0.25) is 0 Å². The van der Waals surface area contributed by atoms with E-state index in [1.165, 1.54) is 12.1 Å². The molecule has 0 fully saturated rings. The number of nitrogen functional groups attached to an aromatic ring is 1. The van der Waals surface area contributed by atoms with E-state index in [4.69, 9.17) is 27.3 Å². The van der Waals surface area contributed by atoms with Crippen LogP contribution in [0.15, 0.2) is 77.4 Å². The van der Waals surface area contributed by atoms with Gasteiger partial charge in [0.25, 0.3) is 0 Å². The summed E-state index contributed by atoms with van der Waals surface area (Å²) in [4.78, 5) is 14.0. The highest BCUT2D eigenvalue weighted by atomic mass is 79.9. The molecule has 0 atom stereocenters. The number of benzene rings is 2. The zero-order valence-electron chi connectivity index (χ0n) is 16.6. The van der Waals surface area contributed by atoms with Crippen LogP contribution < -0.4 is 5.73 Å². The molecule has 32 heavy (non-hydrogen) atoms. The molecule has 3 heterocycles. The number of anilines is 1. The third-order valence-corrected chi connectivity index (χ3v) is 6.05. The van der Waals surface area contributed by atoms with Gasteiger partial charge in [-0.2, -0.15) is 0 Å². The number of nitrogens with two attached hydrogens (primary N) is 1. The molecule has 5 aromatic rings. The van der Waals surface area contributed by atoms with Gasteiger partial charge < -0.3 is 5.73 Å². The standard InChI is InChI=1S/C24H16BrClFN5/c25-19-12-20-24(31-21(19)15-5-7-16(27)8-6-15)32(17-9-3-14(13-26)4-10-17)23(30-20)18-2-1-11-29-22(18)28/h1-12H,13H2,(H2,28,29). The Morgan fingerprint density at radius 1 is 1.00 bits per heavy atom. The van der Waals surface area contributed by atoms with Gasteiger partial charge in [0.2, 0.25) is 0 Å². The van der Waals surface area contributed by atoms with E-state index in [1.807, 2.05) is 47.0 Å². The van der Waals surface area contributed by atoms with E-state index >= 15 is 0 Å². The predicted molar refractivity (Wildman–Crippen MR) is 129 cm³/mol. The molecule has 5 nitrogen and oxygen atoms in total. The van der Waals surface area contributed by atoms with Crippen molar-refractivity contribution in [3.8, 4) is 28.3 Å². The summed E-state index contributed by atoms with van der Waals surface area (Å²) >= 11 is 9.57. The second-order valence-electron chi connectivity index (χ2n) is 7.18. The van der Waals surface area contributed by atoms with Gasteiger partial charge in [-0.1, -0.05) is 12.1 Å². The van der Waals surface area contributed by atoms with E-state index in [-0.39, 0.29) is 5.82 Å². The SMILES string of the molecule is Nc1ncccc1-c1nc2cc(Br)c(-c3ccc(F)cc3)nc2n1-c1ccc(CCl)cc1. The minimum Gasteiger partial charge on any atom is -0.383 e. The topological polar surface area (TPSA) is 69.6 Å².